The second kappa shape index (κ2) is 5.16. The molecule has 1 saturated heterocycles. The van der Waals surface area contributed by atoms with E-state index < -0.39 is 5.97 Å². The van der Waals surface area contributed by atoms with E-state index in [2.05, 4.69) is 12.2 Å². The van der Waals surface area contributed by atoms with Crippen molar-refractivity contribution in [2.24, 2.45) is 5.41 Å². The molecular formula is C15H17NO3S. The Hall–Kier alpha value is -1.43. The number of carbonyl (C=O) groups is 1. The first-order valence-corrected chi connectivity index (χ1v) is 7.43. The number of benzene rings is 1. The summed E-state index contributed by atoms with van der Waals surface area (Å²) in [5, 5.41) is 13.8. The van der Waals surface area contributed by atoms with Gasteiger partial charge in [-0.1, -0.05) is 25.1 Å². The highest BCUT2D eigenvalue weighted by Crippen LogP contribution is 2.32. The average Bonchev–Trinajstić information content (AvgIpc) is 2.76. The zero-order valence-electron chi connectivity index (χ0n) is 11.3. The maximum atomic E-state index is 11.4. The minimum absolute atomic E-state index is 0.190. The van der Waals surface area contributed by atoms with Crippen molar-refractivity contribution in [3.8, 4) is 0 Å². The number of nitrogens with one attached hydrogen (secondary N) is 1. The van der Waals surface area contributed by atoms with E-state index in [1.807, 2.05) is 24.3 Å². The largest absolute Gasteiger partial charge is 0.477 e. The molecule has 0 saturated carbocycles. The predicted octanol–water partition coefficient (Wildman–Crippen LogP) is 2.73. The van der Waals surface area contributed by atoms with Crippen LogP contribution in [0.5, 0.6) is 0 Å². The van der Waals surface area contributed by atoms with Gasteiger partial charge in [0, 0.05) is 23.2 Å². The van der Waals surface area contributed by atoms with Crippen LogP contribution in [0.2, 0.25) is 0 Å². The van der Waals surface area contributed by atoms with E-state index in [9.17, 15) is 9.90 Å². The lowest BCUT2D eigenvalue weighted by Crippen LogP contribution is -2.47. The molecule has 2 N–H and O–H groups in total. The maximum Gasteiger partial charge on any atom is 0.346 e. The van der Waals surface area contributed by atoms with E-state index in [1.165, 1.54) is 11.3 Å². The number of aromatic carboxylic acids is 1. The average molecular weight is 291 g/mol. The predicted molar refractivity (Wildman–Crippen MR) is 79.4 cm³/mol. The van der Waals surface area contributed by atoms with Crippen LogP contribution in [0, 0.1) is 5.41 Å². The Labute approximate surface area is 121 Å². The molecule has 3 rings (SSSR count). The summed E-state index contributed by atoms with van der Waals surface area (Å²) in [5.74, 6) is -0.846. The molecule has 1 aromatic carbocycles. The van der Waals surface area contributed by atoms with Crippen LogP contribution in [0.25, 0.3) is 10.1 Å². The lowest BCUT2D eigenvalue weighted by atomic mass is 9.89. The van der Waals surface area contributed by atoms with Gasteiger partial charge in [0.1, 0.15) is 4.88 Å². The maximum absolute atomic E-state index is 11.4. The van der Waals surface area contributed by atoms with Crippen LogP contribution in [0.15, 0.2) is 24.3 Å². The van der Waals surface area contributed by atoms with Gasteiger partial charge in [-0.15, -0.1) is 11.3 Å². The van der Waals surface area contributed by atoms with Gasteiger partial charge in [0.05, 0.1) is 13.2 Å². The van der Waals surface area contributed by atoms with E-state index in [0.29, 0.717) is 11.4 Å². The second-order valence-corrected chi connectivity index (χ2v) is 6.67. The molecule has 106 valence electrons. The molecule has 0 bridgehead atoms. The molecule has 1 aliphatic rings. The van der Waals surface area contributed by atoms with Gasteiger partial charge in [0.2, 0.25) is 0 Å². The quantitative estimate of drug-likeness (QED) is 0.889. The smallest absolute Gasteiger partial charge is 0.346 e. The lowest BCUT2D eigenvalue weighted by molar-refractivity contribution is -0.0991. The number of rotatable bonds is 5. The molecule has 4 nitrogen and oxygen atoms in total. The monoisotopic (exact) mass is 291 g/mol. The molecule has 0 atom stereocenters. The van der Waals surface area contributed by atoms with E-state index in [-0.39, 0.29) is 5.41 Å². The minimum atomic E-state index is -0.846. The SMILES string of the molecule is CC1(CNCc2c(C(=O)O)sc3ccccc23)COC1. The van der Waals surface area contributed by atoms with Crippen molar-refractivity contribution in [3.63, 3.8) is 0 Å². The Morgan fingerprint density at radius 2 is 2.20 bits per heavy atom. The lowest BCUT2D eigenvalue weighted by Gasteiger charge is -2.38. The summed E-state index contributed by atoms with van der Waals surface area (Å²) >= 11 is 1.35. The number of fused-ring (bicyclic) bond motifs is 1. The van der Waals surface area contributed by atoms with Crippen molar-refractivity contribution in [1.29, 1.82) is 0 Å². The molecule has 1 fully saturated rings. The molecule has 0 spiro atoms. The van der Waals surface area contributed by atoms with Crippen molar-refractivity contribution < 1.29 is 14.6 Å². The number of hydrogen-bond donors (Lipinski definition) is 2. The molecule has 1 aromatic heterocycles. The van der Waals surface area contributed by atoms with Crippen molar-refractivity contribution in [2.45, 2.75) is 13.5 Å². The van der Waals surface area contributed by atoms with Gasteiger partial charge < -0.3 is 15.2 Å². The van der Waals surface area contributed by atoms with Crippen LogP contribution in [-0.2, 0) is 11.3 Å². The first-order valence-electron chi connectivity index (χ1n) is 6.61. The molecule has 0 amide bonds. The highest BCUT2D eigenvalue weighted by atomic mass is 32.1. The Kier molecular flexibility index (Phi) is 3.50. The molecule has 2 heterocycles. The van der Waals surface area contributed by atoms with Crippen LogP contribution >= 0.6 is 11.3 Å². The summed E-state index contributed by atoms with van der Waals surface area (Å²) in [6.45, 7) is 5.15. The summed E-state index contributed by atoms with van der Waals surface area (Å²) < 4.78 is 6.25. The third kappa shape index (κ3) is 2.44. The molecule has 0 radical (unpaired) electrons. The van der Waals surface area contributed by atoms with Gasteiger partial charge >= 0.3 is 5.97 Å². The fourth-order valence-corrected chi connectivity index (χ4v) is 3.55. The fraction of sp³-hybridized carbons (Fsp3) is 0.400. The van der Waals surface area contributed by atoms with Crippen molar-refractivity contribution in [1.82, 2.24) is 5.32 Å². The molecule has 0 unspecified atom stereocenters. The highest BCUT2D eigenvalue weighted by Gasteiger charge is 2.32. The molecule has 20 heavy (non-hydrogen) atoms. The van der Waals surface area contributed by atoms with E-state index in [4.69, 9.17) is 4.74 Å². The first kappa shape index (κ1) is 13.5. The number of ether oxygens (including phenoxy) is 1. The summed E-state index contributed by atoms with van der Waals surface area (Å²) in [6.07, 6.45) is 0. The van der Waals surface area contributed by atoms with Gasteiger partial charge in [0.15, 0.2) is 0 Å². The van der Waals surface area contributed by atoms with Crippen LogP contribution < -0.4 is 5.32 Å². The van der Waals surface area contributed by atoms with Crippen LogP contribution in [-0.4, -0.2) is 30.8 Å². The van der Waals surface area contributed by atoms with E-state index in [1.54, 1.807) is 0 Å². The van der Waals surface area contributed by atoms with E-state index in [0.717, 1.165) is 35.4 Å². The van der Waals surface area contributed by atoms with Gasteiger partial charge in [-0.05, 0) is 17.0 Å². The number of carboxylic acids is 1. The molecule has 0 aliphatic carbocycles. The summed E-state index contributed by atoms with van der Waals surface area (Å²) in [6, 6.07) is 7.85. The van der Waals surface area contributed by atoms with Gasteiger partial charge in [-0.25, -0.2) is 4.79 Å². The normalized spacial score (nSPS) is 17.1. The third-order valence-electron chi connectivity index (χ3n) is 3.65. The fourth-order valence-electron chi connectivity index (χ4n) is 2.49. The van der Waals surface area contributed by atoms with Crippen LogP contribution in [0.4, 0.5) is 0 Å². The first-order chi connectivity index (χ1) is 9.59. The van der Waals surface area contributed by atoms with Crippen LogP contribution in [0.3, 0.4) is 0 Å². The third-order valence-corrected chi connectivity index (χ3v) is 4.85. The Balaban J connectivity index is 1.81. The molecule has 1 aliphatic heterocycles. The summed E-state index contributed by atoms with van der Waals surface area (Å²) in [5.41, 5.74) is 1.08. The van der Waals surface area contributed by atoms with Crippen molar-refractivity contribution >= 4 is 27.4 Å². The summed E-state index contributed by atoms with van der Waals surface area (Å²) in [4.78, 5) is 11.8. The Bertz CT molecular complexity index is 646. The van der Waals surface area contributed by atoms with E-state index >= 15 is 0 Å². The minimum Gasteiger partial charge on any atom is -0.477 e. The molecular weight excluding hydrogens is 274 g/mol. The van der Waals surface area contributed by atoms with Gasteiger partial charge in [-0.2, -0.15) is 0 Å². The van der Waals surface area contributed by atoms with Crippen LogP contribution in [0.1, 0.15) is 22.2 Å². The number of carboxylic acid groups (broad SMARTS) is 1. The second-order valence-electron chi connectivity index (χ2n) is 5.62. The number of hydrogen-bond acceptors (Lipinski definition) is 4. The molecule has 2 aromatic rings. The van der Waals surface area contributed by atoms with Gasteiger partial charge in [0.25, 0.3) is 0 Å². The van der Waals surface area contributed by atoms with Crippen molar-refractivity contribution in [2.75, 3.05) is 19.8 Å². The van der Waals surface area contributed by atoms with Gasteiger partial charge in [-0.3, -0.25) is 0 Å². The Morgan fingerprint density at radius 1 is 1.45 bits per heavy atom. The zero-order chi connectivity index (χ0) is 14.2. The number of thiophene rings is 1. The van der Waals surface area contributed by atoms with Crippen molar-refractivity contribution in [3.05, 3.63) is 34.7 Å². The standard InChI is InChI=1S/C15H17NO3S/c1-15(8-19-9-15)7-16-6-11-10-4-2-3-5-12(10)20-13(11)14(17)18/h2-5,16H,6-9H2,1H3,(H,17,18). The topological polar surface area (TPSA) is 58.6 Å². The highest BCUT2D eigenvalue weighted by molar-refractivity contribution is 7.21. The zero-order valence-corrected chi connectivity index (χ0v) is 12.1. The Morgan fingerprint density at radius 3 is 2.85 bits per heavy atom. The molecule has 5 heteroatoms. The summed E-state index contributed by atoms with van der Waals surface area (Å²) in [7, 11) is 0.